The average molecular weight is 305 g/mol. The van der Waals surface area contributed by atoms with E-state index < -0.39 is 27.7 Å². The van der Waals surface area contributed by atoms with Crippen LogP contribution in [-0.4, -0.2) is 49.6 Å². The number of ether oxygens (including phenoxy) is 2. The minimum Gasteiger partial charge on any atom is -0.468 e. The molecule has 1 aromatic rings. The van der Waals surface area contributed by atoms with Gasteiger partial charge in [0, 0.05) is 6.20 Å². The highest BCUT2D eigenvalue weighted by atomic mass is 32.2. The summed E-state index contributed by atoms with van der Waals surface area (Å²) in [5.74, 6) is -2.15. The summed E-state index contributed by atoms with van der Waals surface area (Å²) in [4.78, 5) is 22.1. The number of sulfonamides is 1. The summed E-state index contributed by atoms with van der Waals surface area (Å²) in [5.41, 5.74) is 0.137. The van der Waals surface area contributed by atoms with Crippen molar-refractivity contribution in [2.24, 2.45) is 0 Å². The number of carbonyl (C=O) groups is 2. The van der Waals surface area contributed by atoms with Gasteiger partial charge < -0.3 is 9.47 Å². The predicted octanol–water partition coefficient (Wildman–Crippen LogP) is -0.639. The second kappa shape index (κ2) is 6.89. The Kier molecular flexibility index (Phi) is 5.50. The van der Waals surface area contributed by atoms with Crippen LogP contribution in [0.5, 0.6) is 0 Å². The lowest BCUT2D eigenvalue weighted by Crippen LogP contribution is -2.24. The Hall–Kier alpha value is -2.10. The van der Waals surface area contributed by atoms with Gasteiger partial charge in [-0.1, -0.05) is 0 Å². The molecular formula is C10H15N3O6S. The van der Waals surface area contributed by atoms with Crippen LogP contribution in [0.4, 0.5) is 5.69 Å². The van der Waals surface area contributed by atoms with Gasteiger partial charge in [-0.3, -0.25) is 19.0 Å². The molecule has 1 aromatic heterocycles. The molecule has 0 saturated heterocycles. The number of nitrogens with zero attached hydrogens (tertiary/aromatic N) is 2. The molecular weight excluding hydrogens is 290 g/mol. The normalized spacial score (nSPS) is 10.9. The fourth-order valence-electron chi connectivity index (χ4n) is 1.27. The van der Waals surface area contributed by atoms with Gasteiger partial charge in [0.25, 0.3) is 0 Å². The first-order valence-electron chi connectivity index (χ1n) is 5.61. The zero-order valence-corrected chi connectivity index (χ0v) is 11.8. The van der Waals surface area contributed by atoms with E-state index in [4.69, 9.17) is 0 Å². The molecule has 10 heteroatoms. The molecule has 0 aliphatic heterocycles. The second-order valence-electron chi connectivity index (χ2n) is 3.67. The van der Waals surface area contributed by atoms with Crippen LogP contribution in [0.2, 0.25) is 0 Å². The Balaban J connectivity index is 2.64. The smallest absolute Gasteiger partial charge is 0.327 e. The van der Waals surface area contributed by atoms with Gasteiger partial charge in [0.2, 0.25) is 10.0 Å². The van der Waals surface area contributed by atoms with E-state index in [1.165, 1.54) is 24.2 Å². The number of methoxy groups -OCH3 is 1. The standard InChI is InChI=1S/C10H15N3O6S/c1-3-19-10(15)7-20(16,17)12-8-4-11-13(5-8)6-9(14)18-2/h4-5,12H,3,6-7H2,1-2H3. The van der Waals surface area contributed by atoms with Crippen molar-refractivity contribution in [2.75, 3.05) is 24.2 Å². The maximum Gasteiger partial charge on any atom is 0.327 e. The lowest BCUT2D eigenvalue weighted by Gasteiger charge is -2.05. The minimum absolute atomic E-state index is 0.103. The number of hydrogen-bond acceptors (Lipinski definition) is 7. The van der Waals surface area contributed by atoms with Gasteiger partial charge in [-0.05, 0) is 6.92 Å². The lowest BCUT2D eigenvalue weighted by molar-refractivity contribution is -0.141. The number of aromatic nitrogens is 2. The summed E-state index contributed by atoms with van der Waals surface area (Å²) in [7, 11) is -2.64. The molecule has 0 amide bonds. The highest BCUT2D eigenvalue weighted by Gasteiger charge is 2.18. The molecule has 0 atom stereocenters. The summed E-state index contributed by atoms with van der Waals surface area (Å²) in [6.45, 7) is 1.54. The van der Waals surface area contributed by atoms with Crippen molar-refractivity contribution in [1.82, 2.24) is 9.78 Å². The van der Waals surface area contributed by atoms with E-state index >= 15 is 0 Å². The van der Waals surface area contributed by atoms with Crippen molar-refractivity contribution < 1.29 is 27.5 Å². The molecule has 0 aliphatic rings. The van der Waals surface area contributed by atoms with Crippen LogP contribution < -0.4 is 4.72 Å². The van der Waals surface area contributed by atoms with E-state index in [0.29, 0.717) is 0 Å². The number of rotatable bonds is 7. The first-order valence-corrected chi connectivity index (χ1v) is 7.27. The van der Waals surface area contributed by atoms with Crippen LogP contribution in [-0.2, 0) is 35.6 Å². The van der Waals surface area contributed by atoms with Gasteiger partial charge in [-0.2, -0.15) is 5.10 Å². The number of carbonyl (C=O) groups excluding carboxylic acids is 2. The summed E-state index contributed by atoms with van der Waals surface area (Å²) < 4.78 is 35.6. The third kappa shape index (κ3) is 5.26. The molecule has 1 rings (SSSR count). The average Bonchev–Trinajstić information content (AvgIpc) is 2.74. The monoisotopic (exact) mass is 305 g/mol. The molecule has 0 bridgehead atoms. The summed E-state index contributed by atoms with van der Waals surface area (Å²) in [5, 5.41) is 3.78. The highest BCUT2D eigenvalue weighted by Crippen LogP contribution is 2.08. The fraction of sp³-hybridized carbons (Fsp3) is 0.500. The second-order valence-corrected chi connectivity index (χ2v) is 5.39. The van der Waals surface area contributed by atoms with E-state index in [0.717, 1.165) is 0 Å². The van der Waals surface area contributed by atoms with E-state index in [1.807, 2.05) is 0 Å². The van der Waals surface area contributed by atoms with Gasteiger partial charge >= 0.3 is 11.9 Å². The molecule has 0 radical (unpaired) electrons. The zero-order chi connectivity index (χ0) is 15.2. The quantitative estimate of drug-likeness (QED) is 0.666. The Morgan fingerprint density at radius 3 is 2.70 bits per heavy atom. The maximum absolute atomic E-state index is 11.6. The lowest BCUT2D eigenvalue weighted by atomic mass is 10.6. The van der Waals surface area contributed by atoms with Gasteiger partial charge in [0.15, 0.2) is 5.75 Å². The fourth-order valence-corrected chi connectivity index (χ4v) is 2.20. The molecule has 0 unspecified atom stereocenters. The van der Waals surface area contributed by atoms with Crippen LogP contribution in [0.1, 0.15) is 6.92 Å². The molecule has 0 spiro atoms. The molecule has 20 heavy (non-hydrogen) atoms. The Morgan fingerprint density at radius 1 is 1.40 bits per heavy atom. The van der Waals surface area contributed by atoms with Crippen LogP contribution in [0.3, 0.4) is 0 Å². The van der Waals surface area contributed by atoms with Crippen LogP contribution >= 0.6 is 0 Å². The van der Waals surface area contributed by atoms with Gasteiger partial charge in [-0.15, -0.1) is 0 Å². The van der Waals surface area contributed by atoms with Gasteiger partial charge in [0.1, 0.15) is 6.54 Å². The number of nitrogens with one attached hydrogen (secondary N) is 1. The van der Waals surface area contributed by atoms with Gasteiger partial charge in [-0.25, -0.2) is 8.42 Å². The highest BCUT2D eigenvalue weighted by molar-refractivity contribution is 7.93. The first-order chi connectivity index (χ1) is 9.36. The van der Waals surface area contributed by atoms with Crippen molar-refractivity contribution >= 4 is 27.6 Å². The molecule has 1 N–H and O–H groups in total. The summed E-state index contributed by atoms with van der Waals surface area (Å²) >= 11 is 0. The van der Waals surface area contributed by atoms with Crippen molar-refractivity contribution in [3.63, 3.8) is 0 Å². The minimum atomic E-state index is -3.87. The van der Waals surface area contributed by atoms with Crippen molar-refractivity contribution in [3.8, 4) is 0 Å². The third-order valence-electron chi connectivity index (χ3n) is 2.04. The van der Waals surface area contributed by atoms with Crippen LogP contribution in [0.15, 0.2) is 12.4 Å². The van der Waals surface area contributed by atoms with Gasteiger partial charge in [0.05, 0.1) is 25.6 Å². The molecule has 9 nitrogen and oxygen atoms in total. The number of hydrogen-bond donors (Lipinski definition) is 1. The Labute approximate surface area is 115 Å². The molecule has 0 saturated carbocycles. The molecule has 1 heterocycles. The number of anilines is 1. The van der Waals surface area contributed by atoms with Crippen LogP contribution in [0, 0.1) is 0 Å². The Bertz CT molecular complexity index is 580. The first kappa shape index (κ1) is 16.0. The predicted molar refractivity (Wildman–Crippen MR) is 68.3 cm³/mol. The van der Waals surface area contributed by atoms with Crippen LogP contribution in [0.25, 0.3) is 0 Å². The molecule has 0 aliphatic carbocycles. The maximum atomic E-state index is 11.6. The molecule has 0 fully saturated rings. The SMILES string of the molecule is CCOC(=O)CS(=O)(=O)Nc1cnn(CC(=O)OC)c1. The number of esters is 2. The largest absolute Gasteiger partial charge is 0.468 e. The van der Waals surface area contributed by atoms with Crippen molar-refractivity contribution in [2.45, 2.75) is 13.5 Å². The van der Waals surface area contributed by atoms with E-state index in [9.17, 15) is 18.0 Å². The van der Waals surface area contributed by atoms with E-state index in [-0.39, 0.29) is 18.8 Å². The Morgan fingerprint density at radius 2 is 2.10 bits per heavy atom. The summed E-state index contributed by atoms with van der Waals surface area (Å²) in [6.07, 6.45) is 2.52. The summed E-state index contributed by atoms with van der Waals surface area (Å²) in [6, 6.07) is 0. The van der Waals surface area contributed by atoms with E-state index in [2.05, 4.69) is 19.3 Å². The van der Waals surface area contributed by atoms with Crippen molar-refractivity contribution in [3.05, 3.63) is 12.4 Å². The van der Waals surface area contributed by atoms with E-state index in [1.54, 1.807) is 6.92 Å². The topological polar surface area (TPSA) is 117 Å². The molecule has 0 aromatic carbocycles. The third-order valence-corrected chi connectivity index (χ3v) is 3.20. The zero-order valence-electron chi connectivity index (χ0n) is 11.0. The van der Waals surface area contributed by atoms with Crippen molar-refractivity contribution in [1.29, 1.82) is 0 Å². The molecule has 112 valence electrons.